The van der Waals surface area contributed by atoms with Crippen molar-refractivity contribution in [3.63, 3.8) is 0 Å². The molecule has 2 rings (SSSR count). The zero-order valence-electron chi connectivity index (χ0n) is 9.98. The third-order valence-corrected chi connectivity index (χ3v) is 4.08. The average Bonchev–Trinajstić information content (AvgIpc) is 2.90. The van der Waals surface area contributed by atoms with Gasteiger partial charge in [0, 0.05) is 18.1 Å². The lowest BCUT2D eigenvalue weighted by atomic mass is 10.1. The zero-order chi connectivity index (χ0) is 12.3. The second-order valence-corrected chi connectivity index (χ2v) is 5.25. The Morgan fingerprint density at radius 2 is 2.35 bits per heavy atom. The largest absolute Gasteiger partial charge is 0.304 e. The van der Waals surface area contributed by atoms with Crippen LogP contribution in [0.5, 0.6) is 0 Å². The van der Waals surface area contributed by atoms with Crippen LogP contribution in [0.3, 0.4) is 0 Å². The van der Waals surface area contributed by atoms with E-state index in [4.69, 9.17) is 11.6 Å². The molecule has 1 unspecified atom stereocenters. The van der Waals surface area contributed by atoms with Crippen LogP contribution >= 0.6 is 22.9 Å². The highest BCUT2D eigenvalue weighted by atomic mass is 35.5. The molecule has 0 bridgehead atoms. The molecule has 0 fully saturated rings. The number of aryl methyl sites for hydroxylation is 1. The van der Waals surface area contributed by atoms with Crippen LogP contribution < -0.4 is 5.32 Å². The van der Waals surface area contributed by atoms with Crippen LogP contribution in [0.1, 0.15) is 30.0 Å². The third-order valence-electron chi connectivity index (χ3n) is 2.66. The van der Waals surface area contributed by atoms with Gasteiger partial charge in [0.1, 0.15) is 0 Å². The molecule has 0 saturated heterocycles. The van der Waals surface area contributed by atoms with E-state index >= 15 is 0 Å². The summed E-state index contributed by atoms with van der Waals surface area (Å²) in [5.74, 6) is 0. The molecule has 0 aliphatic rings. The van der Waals surface area contributed by atoms with Crippen LogP contribution in [0.2, 0.25) is 5.02 Å². The van der Waals surface area contributed by atoms with Crippen LogP contribution in [0, 0.1) is 0 Å². The summed E-state index contributed by atoms with van der Waals surface area (Å²) >= 11 is 7.90. The van der Waals surface area contributed by atoms with Crippen molar-refractivity contribution in [1.82, 2.24) is 15.1 Å². The molecule has 5 heteroatoms. The van der Waals surface area contributed by atoms with Crippen molar-refractivity contribution in [2.45, 2.75) is 19.4 Å². The van der Waals surface area contributed by atoms with Gasteiger partial charge < -0.3 is 5.32 Å². The molecule has 0 aromatic carbocycles. The van der Waals surface area contributed by atoms with E-state index in [9.17, 15) is 0 Å². The molecule has 1 N–H and O–H groups in total. The van der Waals surface area contributed by atoms with Gasteiger partial charge in [0.2, 0.25) is 0 Å². The van der Waals surface area contributed by atoms with Gasteiger partial charge in [0.25, 0.3) is 0 Å². The fourth-order valence-corrected chi connectivity index (χ4v) is 3.05. The molecular formula is C12H16ClN3S. The van der Waals surface area contributed by atoms with E-state index in [-0.39, 0.29) is 6.04 Å². The van der Waals surface area contributed by atoms with Crippen molar-refractivity contribution in [2.75, 3.05) is 6.54 Å². The molecule has 17 heavy (non-hydrogen) atoms. The Morgan fingerprint density at radius 1 is 1.53 bits per heavy atom. The number of aromatic nitrogens is 2. The second kappa shape index (κ2) is 5.67. The highest BCUT2D eigenvalue weighted by Crippen LogP contribution is 2.32. The Hall–Kier alpha value is -0.840. The minimum Gasteiger partial charge on any atom is -0.304 e. The summed E-state index contributed by atoms with van der Waals surface area (Å²) in [6, 6.07) is 4.11. The Bertz CT molecular complexity index is 437. The van der Waals surface area contributed by atoms with Gasteiger partial charge in [-0.15, -0.1) is 11.3 Å². The standard InChI is InChI=1S/C12H16ClN3S/c1-3-6-14-11(10-4-7-15-16(10)2)12-9(13)5-8-17-12/h4-5,7-8,11,14H,3,6H2,1-2H3. The van der Waals surface area contributed by atoms with Crippen LogP contribution in [0.4, 0.5) is 0 Å². The van der Waals surface area contributed by atoms with Crippen LogP contribution in [0.15, 0.2) is 23.7 Å². The average molecular weight is 270 g/mol. The molecule has 0 aliphatic heterocycles. The van der Waals surface area contributed by atoms with Crippen molar-refractivity contribution in [2.24, 2.45) is 7.05 Å². The SMILES string of the molecule is CCCNC(c1sccc1Cl)c1ccnn1C. The Morgan fingerprint density at radius 3 is 2.88 bits per heavy atom. The van der Waals surface area contributed by atoms with E-state index < -0.39 is 0 Å². The summed E-state index contributed by atoms with van der Waals surface area (Å²) in [6.07, 6.45) is 2.91. The maximum absolute atomic E-state index is 6.22. The highest BCUT2D eigenvalue weighted by Gasteiger charge is 2.20. The molecule has 0 amide bonds. The van der Waals surface area contributed by atoms with Crippen molar-refractivity contribution >= 4 is 22.9 Å². The van der Waals surface area contributed by atoms with Gasteiger partial charge in [-0.1, -0.05) is 18.5 Å². The molecule has 3 nitrogen and oxygen atoms in total. The number of nitrogens with zero attached hydrogens (tertiary/aromatic N) is 2. The fraction of sp³-hybridized carbons (Fsp3) is 0.417. The molecule has 1 atom stereocenters. The lowest BCUT2D eigenvalue weighted by molar-refractivity contribution is 0.560. The van der Waals surface area contributed by atoms with E-state index in [0.717, 1.165) is 28.6 Å². The second-order valence-electron chi connectivity index (χ2n) is 3.90. The monoisotopic (exact) mass is 269 g/mol. The normalized spacial score (nSPS) is 12.9. The molecular weight excluding hydrogens is 254 g/mol. The Labute approximate surface area is 110 Å². The van der Waals surface area contributed by atoms with E-state index in [1.54, 1.807) is 11.3 Å². The Balaban J connectivity index is 2.32. The molecule has 0 aliphatic carbocycles. The highest BCUT2D eigenvalue weighted by molar-refractivity contribution is 7.10. The molecule has 2 aromatic heterocycles. The van der Waals surface area contributed by atoms with E-state index in [0.29, 0.717) is 0 Å². The Kier molecular flexibility index (Phi) is 4.20. The van der Waals surface area contributed by atoms with Crippen molar-refractivity contribution in [3.05, 3.63) is 39.3 Å². The van der Waals surface area contributed by atoms with Gasteiger partial charge in [0.05, 0.1) is 16.8 Å². The van der Waals surface area contributed by atoms with Gasteiger partial charge in [0.15, 0.2) is 0 Å². The predicted molar refractivity (Wildman–Crippen MR) is 72.7 cm³/mol. The molecule has 92 valence electrons. The maximum atomic E-state index is 6.22. The minimum absolute atomic E-state index is 0.134. The first-order chi connectivity index (χ1) is 8.24. The summed E-state index contributed by atoms with van der Waals surface area (Å²) in [4.78, 5) is 1.16. The molecule has 0 spiro atoms. The lowest BCUT2D eigenvalue weighted by Crippen LogP contribution is -2.24. The van der Waals surface area contributed by atoms with Gasteiger partial charge in [-0.2, -0.15) is 5.10 Å². The maximum Gasteiger partial charge on any atom is 0.0856 e. The number of halogens is 1. The molecule has 2 heterocycles. The minimum atomic E-state index is 0.134. The molecule has 2 aromatic rings. The summed E-state index contributed by atoms with van der Waals surface area (Å²) in [5, 5.41) is 10.6. The topological polar surface area (TPSA) is 29.9 Å². The van der Waals surface area contributed by atoms with Crippen LogP contribution in [0.25, 0.3) is 0 Å². The van der Waals surface area contributed by atoms with E-state index in [1.807, 2.05) is 35.4 Å². The van der Waals surface area contributed by atoms with Gasteiger partial charge >= 0.3 is 0 Å². The van der Waals surface area contributed by atoms with E-state index in [2.05, 4.69) is 17.3 Å². The van der Waals surface area contributed by atoms with Gasteiger partial charge in [-0.05, 0) is 30.5 Å². The number of rotatable bonds is 5. The van der Waals surface area contributed by atoms with Crippen molar-refractivity contribution in [1.29, 1.82) is 0 Å². The molecule has 0 radical (unpaired) electrons. The van der Waals surface area contributed by atoms with E-state index in [1.165, 1.54) is 0 Å². The van der Waals surface area contributed by atoms with Gasteiger partial charge in [-0.3, -0.25) is 4.68 Å². The number of thiophene rings is 1. The summed E-state index contributed by atoms with van der Waals surface area (Å²) in [5.41, 5.74) is 1.14. The number of hydrogen-bond donors (Lipinski definition) is 1. The summed E-state index contributed by atoms with van der Waals surface area (Å²) in [7, 11) is 1.96. The number of hydrogen-bond acceptors (Lipinski definition) is 3. The summed E-state index contributed by atoms with van der Waals surface area (Å²) in [6.45, 7) is 3.12. The summed E-state index contributed by atoms with van der Waals surface area (Å²) < 4.78 is 1.89. The van der Waals surface area contributed by atoms with Crippen molar-refractivity contribution in [3.8, 4) is 0 Å². The quantitative estimate of drug-likeness (QED) is 0.903. The molecule has 0 saturated carbocycles. The first kappa shape index (κ1) is 12.6. The fourth-order valence-electron chi connectivity index (χ4n) is 1.80. The first-order valence-corrected chi connectivity index (χ1v) is 6.94. The lowest BCUT2D eigenvalue weighted by Gasteiger charge is -2.18. The first-order valence-electron chi connectivity index (χ1n) is 5.68. The van der Waals surface area contributed by atoms with Crippen LogP contribution in [-0.2, 0) is 7.05 Å². The third kappa shape index (κ3) is 2.70. The van der Waals surface area contributed by atoms with Gasteiger partial charge in [-0.25, -0.2) is 0 Å². The predicted octanol–water partition coefficient (Wildman–Crippen LogP) is 3.22. The smallest absolute Gasteiger partial charge is 0.0856 e. The number of nitrogens with one attached hydrogen (secondary N) is 1. The zero-order valence-corrected chi connectivity index (χ0v) is 11.6. The van der Waals surface area contributed by atoms with Crippen LogP contribution in [-0.4, -0.2) is 16.3 Å². The van der Waals surface area contributed by atoms with Crippen molar-refractivity contribution < 1.29 is 0 Å².